The van der Waals surface area contributed by atoms with E-state index >= 15 is 0 Å². The van der Waals surface area contributed by atoms with E-state index in [1.54, 1.807) is 12.1 Å². The second-order valence-corrected chi connectivity index (χ2v) is 6.66. The summed E-state index contributed by atoms with van der Waals surface area (Å²) in [6, 6.07) is 12.0. The summed E-state index contributed by atoms with van der Waals surface area (Å²) in [5, 5.41) is 4.16. The van der Waals surface area contributed by atoms with Crippen LogP contribution < -0.4 is 10.1 Å². The Bertz CT molecular complexity index is 660. The van der Waals surface area contributed by atoms with Gasteiger partial charge in [-0.1, -0.05) is 37.6 Å². The Balaban J connectivity index is 1.85. The van der Waals surface area contributed by atoms with Gasteiger partial charge in [0.25, 0.3) is 0 Å². The summed E-state index contributed by atoms with van der Waals surface area (Å²) in [5.74, 6) is 0.560. The van der Waals surface area contributed by atoms with E-state index in [2.05, 4.69) is 24.1 Å². The normalized spacial score (nSPS) is 11.1. The number of nitrogens with zero attached hydrogens (tertiary/aromatic N) is 1. The third-order valence-electron chi connectivity index (χ3n) is 4.37. The first-order valence-corrected chi connectivity index (χ1v) is 9.59. The van der Waals surface area contributed by atoms with Crippen molar-refractivity contribution in [2.24, 2.45) is 0 Å². The highest BCUT2D eigenvalue weighted by Crippen LogP contribution is 2.24. The molecule has 0 saturated carbocycles. The molecule has 142 valence electrons. The molecule has 1 N–H and O–H groups in total. The number of nitrogens with one attached hydrogen (secondary N) is 1. The van der Waals surface area contributed by atoms with Crippen LogP contribution in [-0.2, 0) is 13.2 Å². The highest BCUT2D eigenvalue weighted by Gasteiger charge is 2.06. The Morgan fingerprint density at radius 3 is 2.50 bits per heavy atom. The molecular weight excluding hydrogens is 351 g/mol. The minimum Gasteiger partial charge on any atom is -0.489 e. The van der Waals surface area contributed by atoms with Crippen molar-refractivity contribution in [1.29, 1.82) is 0 Å². The molecule has 0 saturated heterocycles. The topological polar surface area (TPSA) is 24.5 Å². The lowest BCUT2D eigenvalue weighted by Gasteiger charge is -2.18. The first-order chi connectivity index (χ1) is 12.6. The van der Waals surface area contributed by atoms with Crippen LogP contribution in [0.15, 0.2) is 42.5 Å². The second-order valence-electron chi connectivity index (χ2n) is 6.22. The van der Waals surface area contributed by atoms with Crippen LogP contribution in [0.5, 0.6) is 5.75 Å². The van der Waals surface area contributed by atoms with E-state index in [9.17, 15) is 4.39 Å². The summed E-state index contributed by atoms with van der Waals surface area (Å²) < 4.78 is 18.9. The van der Waals surface area contributed by atoms with Crippen LogP contribution in [0.3, 0.4) is 0 Å². The minimum absolute atomic E-state index is 0.241. The maximum absolute atomic E-state index is 13.0. The molecule has 2 aromatic carbocycles. The zero-order valence-electron chi connectivity index (χ0n) is 15.6. The van der Waals surface area contributed by atoms with E-state index in [-0.39, 0.29) is 5.82 Å². The molecule has 0 atom stereocenters. The Morgan fingerprint density at radius 2 is 1.81 bits per heavy atom. The van der Waals surface area contributed by atoms with Gasteiger partial charge in [0, 0.05) is 17.1 Å². The van der Waals surface area contributed by atoms with Gasteiger partial charge in [-0.3, -0.25) is 0 Å². The van der Waals surface area contributed by atoms with Gasteiger partial charge in [-0.15, -0.1) is 0 Å². The van der Waals surface area contributed by atoms with Gasteiger partial charge in [0.05, 0.1) is 0 Å². The summed E-state index contributed by atoms with van der Waals surface area (Å²) in [5.41, 5.74) is 1.96. The fourth-order valence-corrected chi connectivity index (χ4v) is 2.95. The maximum Gasteiger partial charge on any atom is 0.124 e. The van der Waals surface area contributed by atoms with Gasteiger partial charge in [-0.25, -0.2) is 4.39 Å². The van der Waals surface area contributed by atoms with Gasteiger partial charge in [-0.2, -0.15) is 0 Å². The van der Waals surface area contributed by atoms with Crippen LogP contribution in [0.25, 0.3) is 0 Å². The molecular formula is C21H28ClFN2O. The molecule has 2 rings (SSSR count). The van der Waals surface area contributed by atoms with Crippen molar-refractivity contribution < 1.29 is 9.13 Å². The van der Waals surface area contributed by atoms with Gasteiger partial charge in [0.1, 0.15) is 18.2 Å². The SMILES string of the molecule is CCN(CC)CCCNCc1cc(Cl)ccc1OCc1ccc(F)cc1. The van der Waals surface area contributed by atoms with Gasteiger partial charge in [0.2, 0.25) is 0 Å². The quantitative estimate of drug-likeness (QED) is 0.564. The smallest absolute Gasteiger partial charge is 0.124 e. The van der Waals surface area contributed by atoms with Crippen molar-refractivity contribution in [1.82, 2.24) is 10.2 Å². The maximum atomic E-state index is 13.0. The van der Waals surface area contributed by atoms with E-state index < -0.39 is 0 Å². The summed E-state index contributed by atoms with van der Waals surface area (Å²) in [6.07, 6.45) is 1.11. The largest absolute Gasteiger partial charge is 0.489 e. The minimum atomic E-state index is -0.241. The first-order valence-electron chi connectivity index (χ1n) is 9.21. The van der Waals surface area contributed by atoms with Crippen molar-refractivity contribution in [2.75, 3.05) is 26.2 Å². The zero-order chi connectivity index (χ0) is 18.8. The van der Waals surface area contributed by atoms with Crippen molar-refractivity contribution in [3.05, 3.63) is 64.4 Å². The summed E-state index contributed by atoms with van der Waals surface area (Å²) >= 11 is 6.14. The van der Waals surface area contributed by atoms with E-state index in [1.165, 1.54) is 12.1 Å². The molecule has 0 aliphatic rings. The lowest BCUT2D eigenvalue weighted by Crippen LogP contribution is -2.27. The molecule has 0 aromatic heterocycles. The van der Waals surface area contributed by atoms with Gasteiger partial charge in [0.15, 0.2) is 0 Å². The summed E-state index contributed by atoms with van der Waals surface area (Å²) in [6.45, 7) is 9.71. The fourth-order valence-electron chi connectivity index (χ4n) is 2.76. The second kappa shape index (κ2) is 11.2. The van der Waals surface area contributed by atoms with Crippen LogP contribution in [0.4, 0.5) is 4.39 Å². The molecule has 3 nitrogen and oxygen atoms in total. The first kappa shape index (κ1) is 20.7. The summed E-state index contributed by atoms with van der Waals surface area (Å²) in [4.78, 5) is 2.41. The fraction of sp³-hybridized carbons (Fsp3) is 0.429. The zero-order valence-corrected chi connectivity index (χ0v) is 16.4. The number of benzene rings is 2. The molecule has 0 bridgehead atoms. The Hall–Kier alpha value is -1.62. The van der Waals surface area contributed by atoms with Crippen LogP contribution >= 0.6 is 11.6 Å². The predicted octanol–water partition coefficient (Wildman–Crippen LogP) is 4.88. The highest BCUT2D eigenvalue weighted by molar-refractivity contribution is 6.30. The molecule has 2 aromatic rings. The molecule has 0 unspecified atom stereocenters. The van der Waals surface area contributed by atoms with Crippen molar-refractivity contribution in [2.45, 2.75) is 33.4 Å². The number of rotatable bonds is 11. The monoisotopic (exact) mass is 378 g/mol. The molecule has 5 heteroatoms. The Morgan fingerprint density at radius 1 is 1.08 bits per heavy atom. The van der Waals surface area contributed by atoms with Crippen LogP contribution in [-0.4, -0.2) is 31.1 Å². The number of ether oxygens (including phenoxy) is 1. The molecule has 0 heterocycles. The molecule has 0 aliphatic carbocycles. The summed E-state index contributed by atoms with van der Waals surface area (Å²) in [7, 11) is 0. The third kappa shape index (κ3) is 6.94. The highest BCUT2D eigenvalue weighted by atomic mass is 35.5. The molecule has 0 spiro atoms. The van der Waals surface area contributed by atoms with Crippen LogP contribution in [0.1, 0.15) is 31.4 Å². The lowest BCUT2D eigenvalue weighted by molar-refractivity contribution is 0.295. The average molecular weight is 379 g/mol. The average Bonchev–Trinajstić information content (AvgIpc) is 2.65. The number of halogens is 2. The Kier molecular flexibility index (Phi) is 8.89. The molecule has 0 radical (unpaired) electrons. The Labute approximate surface area is 161 Å². The van der Waals surface area contributed by atoms with Crippen molar-refractivity contribution >= 4 is 11.6 Å². The van der Waals surface area contributed by atoms with Crippen LogP contribution in [0, 0.1) is 5.82 Å². The number of hydrogen-bond acceptors (Lipinski definition) is 3. The molecule has 0 aliphatic heterocycles. The van der Waals surface area contributed by atoms with Crippen LogP contribution in [0.2, 0.25) is 5.02 Å². The lowest BCUT2D eigenvalue weighted by atomic mass is 10.2. The number of hydrogen-bond donors (Lipinski definition) is 1. The van der Waals surface area contributed by atoms with Crippen molar-refractivity contribution in [3.63, 3.8) is 0 Å². The predicted molar refractivity (Wildman–Crippen MR) is 106 cm³/mol. The van der Waals surface area contributed by atoms with Crippen molar-refractivity contribution in [3.8, 4) is 5.75 Å². The molecule has 26 heavy (non-hydrogen) atoms. The van der Waals surface area contributed by atoms with Gasteiger partial charge < -0.3 is 15.0 Å². The standard InChI is InChI=1S/C21H28ClFN2O/c1-3-25(4-2)13-5-12-24-15-18-14-19(22)8-11-21(18)26-16-17-6-9-20(23)10-7-17/h6-11,14,24H,3-5,12-13,15-16H2,1-2H3. The van der Waals surface area contributed by atoms with Gasteiger partial charge in [-0.05, 0) is 68.5 Å². The third-order valence-corrected chi connectivity index (χ3v) is 4.60. The van der Waals surface area contributed by atoms with E-state index in [1.807, 2.05) is 18.2 Å². The van der Waals surface area contributed by atoms with E-state index in [4.69, 9.17) is 16.3 Å². The molecule has 0 fully saturated rings. The van der Waals surface area contributed by atoms with Gasteiger partial charge >= 0.3 is 0 Å². The van der Waals surface area contributed by atoms with E-state index in [0.717, 1.165) is 49.5 Å². The van der Waals surface area contributed by atoms with E-state index in [0.29, 0.717) is 18.2 Å². The molecule has 0 amide bonds.